The van der Waals surface area contributed by atoms with Crippen LogP contribution in [0.4, 0.5) is 4.39 Å². The van der Waals surface area contributed by atoms with Gasteiger partial charge in [-0.3, -0.25) is 4.79 Å². The minimum atomic E-state index is -0.527. The second-order valence-electron chi connectivity index (χ2n) is 2.75. The number of ketones is 1. The summed E-state index contributed by atoms with van der Waals surface area (Å²) in [6, 6.07) is 2.76. The third-order valence-corrected chi connectivity index (χ3v) is 2.54. The fourth-order valence-electron chi connectivity index (χ4n) is 1.06. The first-order valence-electron chi connectivity index (χ1n) is 4.19. The fraction of sp³-hybridized carbons (Fsp3) is 0.300. The fourth-order valence-corrected chi connectivity index (χ4v) is 1.69. The minimum Gasteiger partial charge on any atom is -0.493 e. The van der Waals surface area contributed by atoms with Gasteiger partial charge in [0.25, 0.3) is 0 Å². The SMILES string of the molecule is CCOc1cc(F)c(C(C)=O)cc1I. The molecule has 0 aromatic heterocycles. The van der Waals surface area contributed by atoms with Gasteiger partial charge >= 0.3 is 0 Å². The highest BCUT2D eigenvalue weighted by Gasteiger charge is 2.11. The van der Waals surface area contributed by atoms with E-state index < -0.39 is 5.82 Å². The zero-order valence-corrected chi connectivity index (χ0v) is 10.1. The van der Waals surface area contributed by atoms with Crippen LogP contribution in [0.2, 0.25) is 0 Å². The van der Waals surface area contributed by atoms with Gasteiger partial charge in [-0.05, 0) is 42.5 Å². The number of rotatable bonds is 3. The predicted octanol–water partition coefficient (Wildman–Crippen LogP) is 3.03. The molecule has 0 heterocycles. The molecule has 0 aliphatic heterocycles. The Morgan fingerprint density at radius 1 is 1.57 bits per heavy atom. The summed E-state index contributed by atoms with van der Waals surface area (Å²) in [6.07, 6.45) is 0. The molecule has 0 spiro atoms. The Kier molecular flexibility index (Phi) is 3.86. The number of ether oxygens (including phenoxy) is 1. The number of Topliss-reactive ketones (excluding diaryl/α,β-unsaturated/α-hetero) is 1. The van der Waals surface area contributed by atoms with Crippen LogP contribution in [-0.4, -0.2) is 12.4 Å². The Hall–Kier alpha value is -0.650. The van der Waals surface area contributed by atoms with E-state index in [0.717, 1.165) is 3.57 Å². The molecule has 0 saturated carbocycles. The maximum Gasteiger partial charge on any atom is 0.162 e. The van der Waals surface area contributed by atoms with Gasteiger partial charge in [-0.25, -0.2) is 4.39 Å². The van der Waals surface area contributed by atoms with Crippen molar-refractivity contribution in [2.45, 2.75) is 13.8 Å². The molecule has 4 heteroatoms. The second-order valence-corrected chi connectivity index (χ2v) is 3.91. The van der Waals surface area contributed by atoms with E-state index in [0.29, 0.717) is 12.4 Å². The number of hydrogen-bond donors (Lipinski definition) is 0. The molecule has 2 nitrogen and oxygen atoms in total. The lowest BCUT2D eigenvalue weighted by Crippen LogP contribution is -2.01. The van der Waals surface area contributed by atoms with Crippen LogP contribution in [0.3, 0.4) is 0 Å². The molecule has 0 unspecified atom stereocenters. The monoisotopic (exact) mass is 308 g/mol. The quantitative estimate of drug-likeness (QED) is 0.634. The predicted molar refractivity (Wildman–Crippen MR) is 60.3 cm³/mol. The van der Waals surface area contributed by atoms with Crippen LogP contribution >= 0.6 is 22.6 Å². The van der Waals surface area contributed by atoms with Crippen molar-refractivity contribution < 1.29 is 13.9 Å². The average Bonchev–Trinajstić information content (AvgIpc) is 2.10. The molecule has 0 aliphatic carbocycles. The third-order valence-electron chi connectivity index (χ3n) is 1.70. The summed E-state index contributed by atoms with van der Waals surface area (Å²) < 4.78 is 19.2. The molecule has 0 aliphatic rings. The van der Waals surface area contributed by atoms with Gasteiger partial charge in [-0.2, -0.15) is 0 Å². The van der Waals surface area contributed by atoms with E-state index in [1.165, 1.54) is 19.1 Å². The van der Waals surface area contributed by atoms with Gasteiger partial charge in [0.1, 0.15) is 11.6 Å². The van der Waals surface area contributed by atoms with Gasteiger partial charge < -0.3 is 4.74 Å². The smallest absolute Gasteiger partial charge is 0.162 e. The Balaban J connectivity index is 3.17. The summed E-state index contributed by atoms with van der Waals surface area (Å²) >= 11 is 2.02. The lowest BCUT2D eigenvalue weighted by atomic mass is 10.1. The van der Waals surface area contributed by atoms with Crippen molar-refractivity contribution in [1.82, 2.24) is 0 Å². The summed E-state index contributed by atoms with van der Waals surface area (Å²) in [6.45, 7) is 3.65. The molecule has 1 rings (SSSR count). The van der Waals surface area contributed by atoms with Crippen molar-refractivity contribution in [2.24, 2.45) is 0 Å². The molecule has 0 amide bonds. The Morgan fingerprint density at radius 2 is 2.21 bits per heavy atom. The van der Waals surface area contributed by atoms with E-state index in [2.05, 4.69) is 0 Å². The number of hydrogen-bond acceptors (Lipinski definition) is 2. The van der Waals surface area contributed by atoms with Gasteiger partial charge in [-0.1, -0.05) is 0 Å². The minimum absolute atomic E-state index is 0.109. The first kappa shape index (κ1) is 11.4. The first-order chi connectivity index (χ1) is 6.56. The van der Waals surface area contributed by atoms with Crippen LogP contribution in [0.25, 0.3) is 0 Å². The zero-order chi connectivity index (χ0) is 10.7. The summed E-state index contributed by atoms with van der Waals surface area (Å²) in [4.78, 5) is 11.0. The van der Waals surface area contributed by atoms with Crippen LogP contribution < -0.4 is 4.74 Å². The standard InChI is InChI=1S/C10H10FIO2/c1-3-14-10-5-8(11)7(6(2)13)4-9(10)12/h4-5H,3H2,1-2H3. The number of halogens is 2. The van der Waals surface area contributed by atoms with Crippen LogP contribution in [0.5, 0.6) is 5.75 Å². The van der Waals surface area contributed by atoms with E-state index in [1.54, 1.807) is 0 Å². The molecule has 0 N–H and O–H groups in total. The Labute approximate surface area is 95.6 Å². The van der Waals surface area contributed by atoms with Crippen molar-refractivity contribution in [3.63, 3.8) is 0 Å². The molecule has 0 bridgehead atoms. The van der Waals surface area contributed by atoms with Gasteiger partial charge in [0, 0.05) is 6.07 Å². The number of carbonyl (C=O) groups is 1. The average molecular weight is 308 g/mol. The molecule has 0 atom stereocenters. The molecule has 1 aromatic rings. The van der Waals surface area contributed by atoms with Gasteiger partial charge in [0.05, 0.1) is 15.7 Å². The summed E-state index contributed by atoms with van der Waals surface area (Å²) in [5.74, 6) is -0.319. The molecule has 0 saturated heterocycles. The van der Waals surface area contributed by atoms with E-state index >= 15 is 0 Å². The van der Waals surface area contributed by atoms with E-state index in [9.17, 15) is 9.18 Å². The normalized spacial score (nSPS) is 10.0. The van der Waals surface area contributed by atoms with Crippen molar-refractivity contribution in [3.8, 4) is 5.75 Å². The van der Waals surface area contributed by atoms with E-state index in [-0.39, 0.29) is 11.3 Å². The van der Waals surface area contributed by atoms with Gasteiger partial charge in [0.15, 0.2) is 5.78 Å². The van der Waals surface area contributed by atoms with Crippen molar-refractivity contribution in [1.29, 1.82) is 0 Å². The van der Waals surface area contributed by atoms with E-state index in [1.807, 2.05) is 29.5 Å². The van der Waals surface area contributed by atoms with Crippen LogP contribution in [-0.2, 0) is 0 Å². The highest BCUT2D eigenvalue weighted by atomic mass is 127. The van der Waals surface area contributed by atoms with E-state index in [4.69, 9.17) is 4.74 Å². The number of carbonyl (C=O) groups excluding carboxylic acids is 1. The lowest BCUT2D eigenvalue weighted by Gasteiger charge is -2.07. The summed E-state index contributed by atoms with van der Waals surface area (Å²) in [5, 5.41) is 0. The number of benzene rings is 1. The Bertz CT molecular complexity index is 363. The first-order valence-corrected chi connectivity index (χ1v) is 5.27. The molecule has 1 aromatic carbocycles. The largest absolute Gasteiger partial charge is 0.493 e. The van der Waals surface area contributed by atoms with Crippen LogP contribution in [0, 0.1) is 9.39 Å². The van der Waals surface area contributed by atoms with Crippen LogP contribution in [0.1, 0.15) is 24.2 Å². The van der Waals surface area contributed by atoms with Crippen LogP contribution in [0.15, 0.2) is 12.1 Å². The second kappa shape index (κ2) is 4.72. The highest BCUT2D eigenvalue weighted by Crippen LogP contribution is 2.24. The van der Waals surface area contributed by atoms with Crippen molar-refractivity contribution in [3.05, 3.63) is 27.1 Å². The lowest BCUT2D eigenvalue weighted by molar-refractivity contribution is 0.101. The molecule has 76 valence electrons. The maximum absolute atomic E-state index is 13.3. The molecule has 14 heavy (non-hydrogen) atoms. The maximum atomic E-state index is 13.3. The van der Waals surface area contributed by atoms with Gasteiger partial charge in [-0.15, -0.1) is 0 Å². The van der Waals surface area contributed by atoms with Gasteiger partial charge in [0.2, 0.25) is 0 Å². The van der Waals surface area contributed by atoms with Crippen molar-refractivity contribution in [2.75, 3.05) is 6.61 Å². The Morgan fingerprint density at radius 3 is 2.71 bits per heavy atom. The highest BCUT2D eigenvalue weighted by molar-refractivity contribution is 14.1. The van der Waals surface area contributed by atoms with Crippen molar-refractivity contribution >= 4 is 28.4 Å². The molecule has 0 radical (unpaired) electrons. The topological polar surface area (TPSA) is 26.3 Å². The zero-order valence-electron chi connectivity index (χ0n) is 7.93. The molecule has 0 fully saturated rings. The third kappa shape index (κ3) is 2.43. The summed E-state index contributed by atoms with van der Waals surface area (Å²) in [7, 11) is 0. The molecular formula is C10H10FIO2. The summed E-state index contributed by atoms with van der Waals surface area (Å²) in [5.41, 5.74) is 0.109. The molecular weight excluding hydrogens is 298 g/mol.